The van der Waals surface area contributed by atoms with Gasteiger partial charge in [0.1, 0.15) is 11.3 Å². The highest BCUT2D eigenvalue weighted by Gasteiger charge is 2.38. The molecule has 2 N–H and O–H groups in total. The Bertz CT molecular complexity index is 1560. The van der Waals surface area contributed by atoms with Gasteiger partial charge in [0.15, 0.2) is 11.2 Å². The van der Waals surface area contributed by atoms with E-state index in [0.717, 1.165) is 22.4 Å². The van der Waals surface area contributed by atoms with Crippen LogP contribution >= 0.6 is 0 Å². The van der Waals surface area contributed by atoms with E-state index in [0.29, 0.717) is 29.4 Å². The number of allylic oxidation sites excluding steroid dienone is 1. The molecule has 0 fully saturated rings. The van der Waals surface area contributed by atoms with Crippen molar-refractivity contribution < 1.29 is 14.6 Å². The van der Waals surface area contributed by atoms with Crippen LogP contribution in [0.2, 0.25) is 0 Å². The van der Waals surface area contributed by atoms with Crippen LogP contribution in [0.15, 0.2) is 103 Å². The predicted octanol–water partition coefficient (Wildman–Crippen LogP) is 5.11. The highest BCUT2D eigenvalue weighted by Crippen LogP contribution is 2.41. The number of hydrogen-bond acceptors (Lipinski definition) is 7. The van der Waals surface area contributed by atoms with E-state index in [2.05, 4.69) is 46.7 Å². The molecule has 2 aromatic heterocycles. The summed E-state index contributed by atoms with van der Waals surface area (Å²) >= 11 is 0. The van der Waals surface area contributed by atoms with Crippen LogP contribution < -0.4 is 14.8 Å². The lowest BCUT2D eigenvalue weighted by Crippen LogP contribution is -2.38. The zero-order chi connectivity index (χ0) is 26.8. The Morgan fingerprint density at radius 3 is 2.03 bits per heavy atom. The van der Waals surface area contributed by atoms with Gasteiger partial charge in [-0.05, 0) is 28.8 Å². The van der Waals surface area contributed by atoms with Crippen molar-refractivity contribution in [1.82, 2.24) is 19.5 Å². The Morgan fingerprint density at radius 2 is 1.46 bits per heavy atom. The minimum Gasteiger partial charge on any atom is -0.497 e. The van der Waals surface area contributed by atoms with Gasteiger partial charge in [0, 0.05) is 6.42 Å². The van der Waals surface area contributed by atoms with Crippen LogP contribution in [-0.2, 0) is 5.54 Å². The predicted molar refractivity (Wildman–Crippen MR) is 150 cm³/mol. The van der Waals surface area contributed by atoms with Gasteiger partial charge in [0.25, 0.3) is 0 Å². The Morgan fingerprint density at radius 1 is 0.821 bits per heavy atom. The number of anilines is 1. The van der Waals surface area contributed by atoms with Crippen molar-refractivity contribution >= 4 is 17.1 Å². The lowest BCUT2D eigenvalue weighted by molar-refractivity contribution is 0.211. The molecule has 5 aromatic rings. The number of nitrogens with zero attached hydrogens (tertiary/aromatic N) is 4. The molecule has 0 amide bonds. The van der Waals surface area contributed by atoms with Gasteiger partial charge in [-0.25, -0.2) is 4.98 Å². The highest BCUT2D eigenvalue weighted by molar-refractivity contribution is 5.78. The molecule has 6 rings (SSSR count). The summed E-state index contributed by atoms with van der Waals surface area (Å²) in [5.41, 5.74) is 3.35. The molecule has 1 aliphatic rings. The highest BCUT2D eigenvalue weighted by atomic mass is 16.5. The summed E-state index contributed by atoms with van der Waals surface area (Å²) in [7, 11) is 3.24. The lowest BCUT2D eigenvalue weighted by Gasteiger charge is -2.37. The first-order valence-electron chi connectivity index (χ1n) is 12.8. The Balaban J connectivity index is 1.57. The zero-order valence-corrected chi connectivity index (χ0v) is 21.7. The standard InChI is InChI=1S/C31H29N5O3/c1-38-26-17-13-23(14-18-26)31(21-9-5-3-6-10-21,22-11-7-4-8-12-22)35-30-33-28-27(29(34-30)39-2)32-20-36(28)24-15-16-25(37)19-24/h3-18,20,24-25,37H,19H2,1-2H3,(H,33,34,35)/t24-,25+/m0/s1. The molecule has 0 aliphatic heterocycles. The quantitative estimate of drug-likeness (QED) is 0.217. The van der Waals surface area contributed by atoms with Crippen molar-refractivity contribution in [2.45, 2.75) is 24.1 Å². The van der Waals surface area contributed by atoms with Gasteiger partial charge in [0.05, 0.1) is 32.7 Å². The molecule has 0 saturated heterocycles. The Kier molecular flexibility index (Phi) is 6.46. The molecule has 8 heteroatoms. The number of imidazole rings is 1. The minimum absolute atomic E-state index is 0.0629. The summed E-state index contributed by atoms with van der Waals surface area (Å²) in [4.78, 5) is 14.3. The van der Waals surface area contributed by atoms with Crippen molar-refractivity contribution in [3.63, 3.8) is 0 Å². The van der Waals surface area contributed by atoms with E-state index >= 15 is 0 Å². The van der Waals surface area contributed by atoms with Crippen molar-refractivity contribution in [1.29, 1.82) is 0 Å². The normalized spacial score (nSPS) is 16.9. The van der Waals surface area contributed by atoms with Crippen molar-refractivity contribution in [3.05, 3.63) is 120 Å². The van der Waals surface area contributed by atoms with E-state index in [1.165, 1.54) is 0 Å². The van der Waals surface area contributed by atoms with Crippen LogP contribution in [0.5, 0.6) is 11.6 Å². The molecule has 0 radical (unpaired) electrons. The topological polar surface area (TPSA) is 94.3 Å². The average Bonchev–Trinajstić information content (AvgIpc) is 3.62. The number of ether oxygens (including phenoxy) is 2. The number of benzene rings is 3. The molecular weight excluding hydrogens is 490 g/mol. The third-order valence-electron chi connectivity index (χ3n) is 7.21. The molecule has 196 valence electrons. The molecule has 0 saturated carbocycles. The smallest absolute Gasteiger partial charge is 0.246 e. The van der Waals surface area contributed by atoms with Gasteiger partial charge in [-0.2, -0.15) is 9.97 Å². The Hall–Kier alpha value is -4.69. The van der Waals surface area contributed by atoms with Crippen LogP contribution in [0.4, 0.5) is 5.95 Å². The fraction of sp³-hybridized carbons (Fsp3) is 0.194. The van der Waals surface area contributed by atoms with E-state index in [-0.39, 0.29) is 6.04 Å². The summed E-state index contributed by atoms with van der Waals surface area (Å²) in [5, 5.41) is 13.8. The maximum Gasteiger partial charge on any atom is 0.246 e. The zero-order valence-electron chi connectivity index (χ0n) is 21.7. The summed E-state index contributed by atoms with van der Waals surface area (Å²) in [6, 6.07) is 28.4. The van der Waals surface area contributed by atoms with Crippen LogP contribution in [0.25, 0.3) is 11.2 Å². The molecule has 39 heavy (non-hydrogen) atoms. The third-order valence-corrected chi connectivity index (χ3v) is 7.21. The number of aliphatic hydroxyl groups is 1. The van der Waals surface area contributed by atoms with Gasteiger partial charge >= 0.3 is 0 Å². The fourth-order valence-electron chi connectivity index (χ4n) is 5.30. The van der Waals surface area contributed by atoms with Gasteiger partial charge in [-0.15, -0.1) is 0 Å². The van der Waals surface area contributed by atoms with Crippen LogP contribution in [-0.4, -0.2) is 44.9 Å². The number of hydrogen-bond donors (Lipinski definition) is 2. The first kappa shape index (κ1) is 24.6. The molecule has 2 heterocycles. The van der Waals surface area contributed by atoms with E-state index in [4.69, 9.17) is 19.4 Å². The lowest BCUT2D eigenvalue weighted by atomic mass is 9.77. The van der Waals surface area contributed by atoms with Gasteiger partial charge in [0.2, 0.25) is 11.8 Å². The molecule has 3 aromatic carbocycles. The second-order valence-corrected chi connectivity index (χ2v) is 9.47. The van der Waals surface area contributed by atoms with Gasteiger partial charge in [-0.1, -0.05) is 84.9 Å². The van der Waals surface area contributed by atoms with Crippen LogP contribution in [0.1, 0.15) is 29.2 Å². The molecule has 1 aliphatic carbocycles. The van der Waals surface area contributed by atoms with Crippen LogP contribution in [0.3, 0.4) is 0 Å². The molecule has 0 bridgehead atoms. The maximum absolute atomic E-state index is 10.1. The largest absolute Gasteiger partial charge is 0.497 e. The average molecular weight is 520 g/mol. The molecule has 2 atom stereocenters. The second kappa shape index (κ2) is 10.2. The van der Waals surface area contributed by atoms with Crippen LogP contribution in [0, 0.1) is 0 Å². The van der Waals surface area contributed by atoms with E-state index in [9.17, 15) is 5.11 Å². The summed E-state index contributed by atoms with van der Waals surface area (Å²) in [6.07, 6.45) is 5.57. The van der Waals surface area contributed by atoms with Crippen molar-refractivity contribution in [2.75, 3.05) is 19.5 Å². The van der Waals surface area contributed by atoms with Crippen molar-refractivity contribution in [3.8, 4) is 11.6 Å². The monoisotopic (exact) mass is 519 g/mol. The van der Waals surface area contributed by atoms with Crippen molar-refractivity contribution in [2.24, 2.45) is 0 Å². The van der Waals surface area contributed by atoms with E-state index in [1.54, 1.807) is 26.6 Å². The molecule has 0 spiro atoms. The third kappa shape index (κ3) is 4.38. The number of aromatic nitrogens is 4. The van der Waals surface area contributed by atoms with E-state index in [1.807, 2.05) is 59.2 Å². The van der Waals surface area contributed by atoms with Gasteiger partial charge < -0.3 is 24.5 Å². The number of fused-ring (bicyclic) bond motifs is 1. The number of aliphatic hydroxyl groups excluding tert-OH is 1. The van der Waals surface area contributed by atoms with E-state index < -0.39 is 11.6 Å². The second-order valence-electron chi connectivity index (χ2n) is 9.47. The molecule has 8 nitrogen and oxygen atoms in total. The summed E-state index contributed by atoms with van der Waals surface area (Å²) < 4.78 is 13.1. The van der Waals surface area contributed by atoms with Gasteiger partial charge in [-0.3, -0.25) is 0 Å². The molecule has 0 unspecified atom stereocenters. The first-order chi connectivity index (χ1) is 19.1. The number of methoxy groups -OCH3 is 2. The minimum atomic E-state index is -0.845. The summed E-state index contributed by atoms with van der Waals surface area (Å²) in [6.45, 7) is 0. The maximum atomic E-state index is 10.1. The SMILES string of the molecule is COc1ccc(C(Nc2nc(OC)c3ncn([C@H]4C=C[C@@H](O)C4)c3n2)(c2ccccc2)c2ccccc2)cc1. The number of nitrogens with one attached hydrogen (secondary N) is 1. The Labute approximate surface area is 226 Å². The molecular formula is C31H29N5O3. The summed E-state index contributed by atoms with van der Waals surface area (Å²) in [5.74, 6) is 1.52. The first-order valence-corrected chi connectivity index (χ1v) is 12.8. The fourth-order valence-corrected chi connectivity index (χ4v) is 5.30. The number of rotatable bonds is 8.